The van der Waals surface area contributed by atoms with Crippen molar-refractivity contribution < 1.29 is 4.74 Å². The van der Waals surface area contributed by atoms with Gasteiger partial charge in [-0.1, -0.05) is 24.3 Å². The van der Waals surface area contributed by atoms with Crippen LogP contribution in [0.4, 0.5) is 0 Å². The lowest BCUT2D eigenvalue weighted by Gasteiger charge is -2.12. The topological polar surface area (TPSA) is 63.5 Å². The molecule has 0 radical (unpaired) electrons. The molecule has 0 fully saturated rings. The number of imidazole rings is 1. The van der Waals surface area contributed by atoms with Crippen LogP contribution >= 0.6 is 0 Å². The third kappa shape index (κ3) is 5.21. The Labute approximate surface area is 131 Å². The summed E-state index contributed by atoms with van der Waals surface area (Å²) in [5.41, 5.74) is 2.47. The van der Waals surface area contributed by atoms with Crippen LogP contribution in [0.2, 0.25) is 0 Å². The molecule has 118 valence electrons. The Morgan fingerprint density at radius 2 is 2.00 bits per heavy atom. The highest BCUT2D eigenvalue weighted by atomic mass is 16.5. The zero-order chi connectivity index (χ0) is 15.6. The van der Waals surface area contributed by atoms with E-state index in [4.69, 9.17) is 4.74 Å². The van der Waals surface area contributed by atoms with Crippen molar-refractivity contribution in [2.75, 3.05) is 27.3 Å². The van der Waals surface area contributed by atoms with Gasteiger partial charge in [0.15, 0.2) is 5.96 Å². The van der Waals surface area contributed by atoms with Gasteiger partial charge in [0.05, 0.1) is 12.9 Å². The molecular formula is C16H23N5O. The number of rotatable bonds is 7. The number of ether oxygens (including phenoxy) is 1. The Balaban J connectivity index is 1.80. The summed E-state index contributed by atoms with van der Waals surface area (Å²) >= 11 is 0. The van der Waals surface area contributed by atoms with Crippen LogP contribution in [0.3, 0.4) is 0 Å². The van der Waals surface area contributed by atoms with Gasteiger partial charge >= 0.3 is 0 Å². The molecule has 2 aromatic rings. The van der Waals surface area contributed by atoms with Gasteiger partial charge in [0.25, 0.3) is 0 Å². The van der Waals surface area contributed by atoms with Gasteiger partial charge in [-0.15, -0.1) is 0 Å². The maximum atomic E-state index is 5.00. The minimum Gasteiger partial charge on any atom is -0.383 e. The van der Waals surface area contributed by atoms with Crippen LogP contribution in [0.25, 0.3) is 0 Å². The van der Waals surface area contributed by atoms with Gasteiger partial charge in [0, 0.05) is 46.2 Å². The molecular weight excluding hydrogens is 278 g/mol. The zero-order valence-electron chi connectivity index (χ0n) is 13.1. The largest absolute Gasteiger partial charge is 0.383 e. The maximum Gasteiger partial charge on any atom is 0.191 e. The van der Waals surface area contributed by atoms with Gasteiger partial charge in [0.1, 0.15) is 0 Å². The van der Waals surface area contributed by atoms with Crippen molar-refractivity contribution in [1.82, 2.24) is 20.2 Å². The van der Waals surface area contributed by atoms with E-state index in [1.165, 1.54) is 11.1 Å². The molecule has 6 nitrogen and oxygen atoms in total. The van der Waals surface area contributed by atoms with E-state index in [-0.39, 0.29) is 0 Å². The van der Waals surface area contributed by atoms with Crippen LogP contribution in [-0.4, -0.2) is 42.8 Å². The quantitative estimate of drug-likeness (QED) is 0.459. The van der Waals surface area contributed by atoms with E-state index in [9.17, 15) is 0 Å². The van der Waals surface area contributed by atoms with E-state index >= 15 is 0 Å². The smallest absolute Gasteiger partial charge is 0.191 e. The van der Waals surface area contributed by atoms with Gasteiger partial charge < -0.3 is 19.9 Å². The summed E-state index contributed by atoms with van der Waals surface area (Å²) in [6.07, 6.45) is 5.58. The first-order valence-electron chi connectivity index (χ1n) is 7.29. The molecule has 0 aliphatic rings. The number of aliphatic imine (C=N–C) groups is 1. The van der Waals surface area contributed by atoms with Gasteiger partial charge in [-0.25, -0.2) is 4.98 Å². The minimum atomic E-state index is 0.656. The van der Waals surface area contributed by atoms with E-state index in [0.29, 0.717) is 6.61 Å². The molecule has 0 unspecified atom stereocenters. The number of aromatic nitrogens is 2. The summed E-state index contributed by atoms with van der Waals surface area (Å²) in [4.78, 5) is 8.22. The molecule has 0 aliphatic heterocycles. The Morgan fingerprint density at radius 3 is 2.64 bits per heavy atom. The van der Waals surface area contributed by atoms with Crippen molar-refractivity contribution in [3.63, 3.8) is 0 Å². The summed E-state index contributed by atoms with van der Waals surface area (Å²) in [6, 6.07) is 8.53. The lowest BCUT2D eigenvalue weighted by molar-refractivity contribution is 0.203. The van der Waals surface area contributed by atoms with E-state index in [1.807, 2.05) is 12.5 Å². The van der Waals surface area contributed by atoms with Gasteiger partial charge in [-0.3, -0.25) is 4.99 Å². The highest BCUT2D eigenvalue weighted by Crippen LogP contribution is 2.06. The minimum absolute atomic E-state index is 0.656. The van der Waals surface area contributed by atoms with Crippen molar-refractivity contribution >= 4 is 5.96 Å². The van der Waals surface area contributed by atoms with E-state index in [1.54, 1.807) is 20.4 Å². The molecule has 22 heavy (non-hydrogen) atoms. The van der Waals surface area contributed by atoms with Gasteiger partial charge in [-0.2, -0.15) is 0 Å². The SMILES string of the molecule is CN=C(NCCOC)NCc1ccc(Cn2ccnc2)cc1. The van der Waals surface area contributed by atoms with E-state index in [2.05, 4.69) is 49.4 Å². The summed E-state index contributed by atoms with van der Waals surface area (Å²) < 4.78 is 7.05. The first-order chi connectivity index (χ1) is 10.8. The number of methoxy groups -OCH3 is 1. The Bertz CT molecular complexity index is 563. The average molecular weight is 301 g/mol. The predicted molar refractivity (Wildman–Crippen MR) is 87.8 cm³/mol. The summed E-state index contributed by atoms with van der Waals surface area (Å²) in [6.45, 7) is 2.97. The van der Waals surface area contributed by atoms with Crippen molar-refractivity contribution in [1.29, 1.82) is 0 Å². The summed E-state index contributed by atoms with van der Waals surface area (Å²) in [5, 5.41) is 6.46. The Hall–Kier alpha value is -2.34. The van der Waals surface area contributed by atoms with Crippen molar-refractivity contribution in [3.8, 4) is 0 Å². The summed E-state index contributed by atoms with van der Waals surface area (Å²) in [7, 11) is 3.44. The first kappa shape index (κ1) is 16.0. The molecule has 0 saturated heterocycles. The van der Waals surface area contributed by atoms with Crippen molar-refractivity contribution in [3.05, 3.63) is 54.1 Å². The Morgan fingerprint density at radius 1 is 1.23 bits per heavy atom. The third-order valence-electron chi connectivity index (χ3n) is 3.23. The summed E-state index contributed by atoms with van der Waals surface area (Å²) in [5.74, 6) is 0.777. The first-order valence-corrected chi connectivity index (χ1v) is 7.29. The zero-order valence-corrected chi connectivity index (χ0v) is 13.1. The molecule has 1 aromatic carbocycles. The monoisotopic (exact) mass is 301 g/mol. The predicted octanol–water partition coefficient (Wildman–Crippen LogP) is 1.24. The fraction of sp³-hybridized carbons (Fsp3) is 0.375. The lowest BCUT2D eigenvalue weighted by atomic mass is 10.1. The molecule has 0 bridgehead atoms. The van der Waals surface area contributed by atoms with Crippen LogP contribution in [-0.2, 0) is 17.8 Å². The van der Waals surface area contributed by atoms with Crippen LogP contribution in [0.5, 0.6) is 0 Å². The Kier molecular flexibility index (Phi) is 6.44. The normalized spacial score (nSPS) is 11.5. The standard InChI is InChI=1S/C16H23N5O/c1-17-16(19-8-10-22-2)20-11-14-3-5-15(6-4-14)12-21-9-7-18-13-21/h3-7,9,13H,8,10-12H2,1-2H3,(H2,17,19,20). The molecule has 0 spiro atoms. The van der Waals surface area contributed by atoms with Gasteiger partial charge in [0.2, 0.25) is 0 Å². The molecule has 2 N–H and O–H groups in total. The van der Waals surface area contributed by atoms with Crippen LogP contribution in [0.15, 0.2) is 48.0 Å². The number of nitrogens with one attached hydrogen (secondary N) is 2. The van der Waals surface area contributed by atoms with Crippen LogP contribution < -0.4 is 10.6 Å². The third-order valence-corrected chi connectivity index (χ3v) is 3.23. The van der Waals surface area contributed by atoms with E-state index in [0.717, 1.165) is 25.6 Å². The molecule has 2 rings (SSSR count). The fourth-order valence-corrected chi connectivity index (χ4v) is 2.03. The van der Waals surface area contributed by atoms with Crippen molar-refractivity contribution in [2.24, 2.45) is 4.99 Å². The average Bonchev–Trinajstić information content (AvgIpc) is 3.05. The lowest BCUT2D eigenvalue weighted by Crippen LogP contribution is -2.38. The fourth-order valence-electron chi connectivity index (χ4n) is 2.03. The number of benzene rings is 1. The highest BCUT2D eigenvalue weighted by molar-refractivity contribution is 5.79. The molecule has 0 aliphatic carbocycles. The number of hydrogen-bond acceptors (Lipinski definition) is 3. The highest BCUT2D eigenvalue weighted by Gasteiger charge is 1.99. The molecule has 0 atom stereocenters. The molecule has 6 heteroatoms. The number of hydrogen-bond donors (Lipinski definition) is 2. The number of guanidine groups is 1. The molecule has 1 aromatic heterocycles. The second-order valence-electron chi connectivity index (χ2n) is 4.90. The molecule has 0 amide bonds. The van der Waals surface area contributed by atoms with E-state index < -0.39 is 0 Å². The molecule has 1 heterocycles. The van der Waals surface area contributed by atoms with Crippen LogP contribution in [0, 0.1) is 0 Å². The van der Waals surface area contributed by atoms with Gasteiger partial charge in [-0.05, 0) is 11.1 Å². The number of nitrogens with zero attached hydrogens (tertiary/aromatic N) is 3. The second kappa shape index (κ2) is 8.84. The maximum absolute atomic E-state index is 5.00. The second-order valence-corrected chi connectivity index (χ2v) is 4.90. The molecule has 0 saturated carbocycles. The van der Waals surface area contributed by atoms with Crippen molar-refractivity contribution in [2.45, 2.75) is 13.1 Å². The van der Waals surface area contributed by atoms with Crippen LogP contribution in [0.1, 0.15) is 11.1 Å².